The van der Waals surface area contributed by atoms with Crippen molar-refractivity contribution >= 4 is 11.8 Å². The van der Waals surface area contributed by atoms with Gasteiger partial charge in [0, 0.05) is 30.9 Å². The molecule has 2 aromatic rings. The molecule has 2 heterocycles. The number of pyridine rings is 1. The highest BCUT2D eigenvalue weighted by Gasteiger charge is 2.31. The standard InChI is InChI=1S/C19H18F3N3O3/c20-19(21,22)14-5-8-16(24-10-14)28-15-6-3-12(4-7-15)18(27)25-9-1-2-13(11-25)17(23)26/h3-8,10,13H,1-2,9,11H2,(H2,23,26). The van der Waals surface area contributed by atoms with Gasteiger partial charge in [0.15, 0.2) is 0 Å². The Balaban J connectivity index is 1.64. The van der Waals surface area contributed by atoms with Crippen LogP contribution in [0.4, 0.5) is 13.2 Å². The molecule has 1 aromatic carbocycles. The molecular weight excluding hydrogens is 375 g/mol. The molecule has 0 aliphatic carbocycles. The number of carbonyl (C=O) groups is 2. The number of benzene rings is 1. The van der Waals surface area contributed by atoms with E-state index < -0.39 is 17.6 Å². The first-order valence-electron chi connectivity index (χ1n) is 8.64. The Kier molecular flexibility index (Phi) is 5.53. The molecule has 0 bridgehead atoms. The number of hydrogen-bond acceptors (Lipinski definition) is 4. The number of piperidine rings is 1. The Labute approximate surface area is 159 Å². The molecular formula is C19H18F3N3O3. The van der Waals surface area contributed by atoms with Crippen LogP contribution in [0.15, 0.2) is 42.6 Å². The van der Waals surface area contributed by atoms with Gasteiger partial charge in [-0.05, 0) is 43.2 Å². The number of ether oxygens (including phenoxy) is 1. The van der Waals surface area contributed by atoms with E-state index in [-0.39, 0.29) is 17.7 Å². The Bertz CT molecular complexity index is 851. The summed E-state index contributed by atoms with van der Waals surface area (Å²) in [6.07, 6.45) is -2.39. The number of alkyl halides is 3. The van der Waals surface area contributed by atoms with Crippen LogP contribution in [0.5, 0.6) is 11.6 Å². The largest absolute Gasteiger partial charge is 0.439 e. The smallest absolute Gasteiger partial charge is 0.417 e. The van der Waals surface area contributed by atoms with Crippen LogP contribution in [0.1, 0.15) is 28.8 Å². The van der Waals surface area contributed by atoms with Crippen molar-refractivity contribution in [2.45, 2.75) is 19.0 Å². The lowest BCUT2D eigenvalue weighted by atomic mass is 9.97. The van der Waals surface area contributed by atoms with E-state index >= 15 is 0 Å². The first-order chi connectivity index (χ1) is 13.2. The van der Waals surface area contributed by atoms with Gasteiger partial charge in [0.2, 0.25) is 11.8 Å². The number of likely N-dealkylation sites (tertiary alicyclic amines) is 1. The third-order valence-corrected chi connectivity index (χ3v) is 4.50. The molecule has 148 valence electrons. The van der Waals surface area contributed by atoms with Crippen LogP contribution in [0.3, 0.4) is 0 Å². The molecule has 28 heavy (non-hydrogen) atoms. The Morgan fingerprint density at radius 2 is 1.86 bits per heavy atom. The lowest BCUT2D eigenvalue weighted by molar-refractivity contribution is -0.137. The topological polar surface area (TPSA) is 85.5 Å². The highest BCUT2D eigenvalue weighted by molar-refractivity contribution is 5.94. The predicted octanol–water partition coefficient (Wildman–Crippen LogP) is 3.23. The van der Waals surface area contributed by atoms with Crippen LogP contribution >= 0.6 is 0 Å². The van der Waals surface area contributed by atoms with Crippen LogP contribution < -0.4 is 10.5 Å². The molecule has 1 aliphatic heterocycles. The Hall–Kier alpha value is -3.10. The number of rotatable bonds is 4. The summed E-state index contributed by atoms with van der Waals surface area (Å²) in [5.74, 6) is -0.633. The first kappa shape index (κ1) is 19.7. The Morgan fingerprint density at radius 1 is 1.14 bits per heavy atom. The zero-order valence-electron chi connectivity index (χ0n) is 14.8. The van der Waals surface area contributed by atoms with E-state index in [0.717, 1.165) is 12.1 Å². The minimum absolute atomic E-state index is 0.00686. The van der Waals surface area contributed by atoms with Crippen LogP contribution in [-0.4, -0.2) is 34.8 Å². The monoisotopic (exact) mass is 393 g/mol. The van der Waals surface area contributed by atoms with Crippen molar-refractivity contribution in [3.8, 4) is 11.6 Å². The summed E-state index contributed by atoms with van der Waals surface area (Å²) >= 11 is 0. The summed E-state index contributed by atoms with van der Waals surface area (Å²) in [6, 6.07) is 8.17. The molecule has 0 saturated carbocycles. The van der Waals surface area contributed by atoms with Crippen LogP contribution in [0.2, 0.25) is 0 Å². The van der Waals surface area contributed by atoms with E-state index in [2.05, 4.69) is 4.98 Å². The van der Waals surface area contributed by atoms with Gasteiger partial charge in [0.05, 0.1) is 11.5 Å². The van der Waals surface area contributed by atoms with Gasteiger partial charge in [-0.25, -0.2) is 4.98 Å². The van der Waals surface area contributed by atoms with Gasteiger partial charge in [-0.15, -0.1) is 0 Å². The molecule has 0 radical (unpaired) electrons. The van der Waals surface area contributed by atoms with Crippen molar-refractivity contribution in [2.75, 3.05) is 13.1 Å². The van der Waals surface area contributed by atoms with Crippen LogP contribution in [0.25, 0.3) is 0 Å². The molecule has 1 fully saturated rings. The average molecular weight is 393 g/mol. The summed E-state index contributed by atoms with van der Waals surface area (Å²) in [5, 5.41) is 0. The zero-order chi connectivity index (χ0) is 20.3. The number of primary amides is 1. The van der Waals surface area contributed by atoms with E-state index in [4.69, 9.17) is 10.5 Å². The van der Waals surface area contributed by atoms with Gasteiger partial charge in [0.1, 0.15) is 5.75 Å². The Morgan fingerprint density at radius 3 is 2.43 bits per heavy atom. The molecule has 1 aromatic heterocycles. The maximum atomic E-state index is 12.6. The van der Waals surface area contributed by atoms with Gasteiger partial charge in [-0.3, -0.25) is 9.59 Å². The van der Waals surface area contributed by atoms with E-state index in [0.29, 0.717) is 43.4 Å². The maximum Gasteiger partial charge on any atom is 0.417 e. The molecule has 2 amide bonds. The lowest BCUT2D eigenvalue weighted by Gasteiger charge is -2.31. The lowest BCUT2D eigenvalue weighted by Crippen LogP contribution is -2.44. The molecule has 1 aliphatic rings. The van der Waals surface area contributed by atoms with Crippen LogP contribution in [0, 0.1) is 5.92 Å². The number of hydrogen-bond donors (Lipinski definition) is 1. The second kappa shape index (κ2) is 7.87. The number of nitrogens with zero attached hydrogens (tertiary/aromatic N) is 2. The fraction of sp³-hybridized carbons (Fsp3) is 0.316. The highest BCUT2D eigenvalue weighted by Crippen LogP contribution is 2.30. The fourth-order valence-corrected chi connectivity index (χ4v) is 2.97. The third-order valence-electron chi connectivity index (χ3n) is 4.50. The number of carbonyl (C=O) groups excluding carboxylic acids is 2. The number of halogens is 3. The summed E-state index contributed by atoms with van der Waals surface area (Å²) in [7, 11) is 0. The van der Waals surface area contributed by atoms with E-state index in [1.807, 2.05) is 0 Å². The fourth-order valence-electron chi connectivity index (χ4n) is 2.97. The molecule has 0 spiro atoms. The molecule has 1 saturated heterocycles. The second-order valence-electron chi connectivity index (χ2n) is 6.50. The van der Waals surface area contributed by atoms with Crippen molar-refractivity contribution in [1.82, 2.24) is 9.88 Å². The van der Waals surface area contributed by atoms with Gasteiger partial charge >= 0.3 is 6.18 Å². The van der Waals surface area contributed by atoms with Gasteiger partial charge < -0.3 is 15.4 Å². The van der Waals surface area contributed by atoms with Gasteiger partial charge in [-0.2, -0.15) is 13.2 Å². The van der Waals surface area contributed by atoms with Gasteiger partial charge in [-0.1, -0.05) is 0 Å². The predicted molar refractivity (Wildman–Crippen MR) is 93.6 cm³/mol. The first-order valence-corrected chi connectivity index (χ1v) is 8.64. The maximum absolute atomic E-state index is 12.6. The van der Waals surface area contributed by atoms with Crippen molar-refractivity contribution in [1.29, 1.82) is 0 Å². The van der Waals surface area contributed by atoms with Crippen molar-refractivity contribution in [2.24, 2.45) is 11.7 Å². The average Bonchev–Trinajstić information content (AvgIpc) is 2.68. The number of nitrogens with two attached hydrogens (primary N) is 1. The minimum atomic E-state index is -4.46. The summed E-state index contributed by atoms with van der Waals surface area (Å²) in [5.41, 5.74) is 4.88. The van der Waals surface area contributed by atoms with Crippen molar-refractivity contribution in [3.05, 3.63) is 53.7 Å². The second-order valence-corrected chi connectivity index (χ2v) is 6.50. The highest BCUT2D eigenvalue weighted by atomic mass is 19.4. The third kappa shape index (κ3) is 4.59. The van der Waals surface area contributed by atoms with E-state index in [1.165, 1.54) is 12.1 Å². The van der Waals surface area contributed by atoms with E-state index in [1.54, 1.807) is 17.0 Å². The van der Waals surface area contributed by atoms with E-state index in [9.17, 15) is 22.8 Å². The van der Waals surface area contributed by atoms with Crippen LogP contribution in [-0.2, 0) is 11.0 Å². The number of aromatic nitrogens is 1. The molecule has 1 atom stereocenters. The quantitative estimate of drug-likeness (QED) is 0.864. The normalized spacial score (nSPS) is 17.2. The minimum Gasteiger partial charge on any atom is -0.439 e. The molecule has 6 nitrogen and oxygen atoms in total. The zero-order valence-corrected chi connectivity index (χ0v) is 14.8. The summed E-state index contributed by atoms with van der Waals surface area (Å²) in [4.78, 5) is 29.2. The van der Waals surface area contributed by atoms with Gasteiger partial charge in [0.25, 0.3) is 5.91 Å². The molecule has 2 N–H and O–H groups in total. The summed E-state index contributed by atoms with van der Waals surface area (Å²) < 4.78 is 43.0. The molecule has 9 heteroatoms. The van der Waals surface area contributed by atoms with Crippen molar-refractivity contribution < 1.29 is 27.5 Å². The molecule has 1 unspecified atom stereocenters. The SMILES string of the molecule is NC(=O)C1CCCN(C(=O)c2ccc(Oc3ccc(C(F)(F)F)cn3)cc2)C1. The number of amides is 2. The van der Waals surface area contributed by atoms with Crippen molar-refractivity contribution in [3.63, 3.8) is 0 Å². The summed E-state index contributed by atoms with van der Waals surface area (Å²) in [6.45, 7) is 0.845. The molecule has 3 rings (SSSR count).